The zero-order valence-electron chi connectivity index (χ0n) is 47.5. The molecule has 1 aliphatic heterocycles. The van der Waals surface area contributed by atoms with Crippen LogP contribution in [0, 0.1) is 0 Å². The number of carbonyl (C=O) groups excluding carboxylic acids is 1. The van der Waals surface area contributed by atoms with Gasteiger partial charge < -0.3 is 40.3 Å². The number of carbonyl (C=O) groups is 1. The first-order valence-corrected chi connectivity index (χ1v) is 31.6. The maximum Gasteiger partial charge on any atom is 0.220 e. The Kier molecular flexibility index (Phi) is 50.6. The molecule has 0 aromatic rings. The molecule has 0 aliphatic carbocycles. The summed E-state index contributed by atoms with van der Waals surface area (Å²) >= 11 is 0. The molecule has 0 aromatic carbocycles. The molecule has 1 fully saturated rings. The molecule has 1 amide bonds. The van der Waals surface area contributed by atoms with Crippen molar-refractivity contribution < 1.29 is 39.8 Å². The lowest BCUT2D eigenvalue weighted by Gasteiger charge is -2.40. The van der Waals surface area contributed by atoms with Crippen molar-refractivity contribution >= 4 is 5.91 Å². The molecule has 1 heterocycles. The molecule has 7 atom stereocenters. The molecule has 1 aliphatic rings. The highest BCUT2D eigenvalue weighted by molar-refractivity contribution is 5.76. The van der Waals surface area contributed by atoms with Crippen molar-refractivity contribution in [2.24, 2.45) is 0 Å². The SMILES string of the molecule is CCCCCCCCCCCCCCCCCCCCCCCCCCCC/C=C/CC/C=C/C(O)C(COC1OC(CO)C(O)C(O)C1O)NC(=O)CCCCCCCCCCCCCCCCCCC. The van der Waals surface area contributed by atoms with Gasteiger partial charge in [-0.25, -0.2) is 0 Å². The number of unbranched alkanes of at least 4 members (excludes halogenated alkanes) is 43. The number of ether oxygens (including phenoxy) is 2. The largest absolute Gasteiger partial charge is 0.394 e. The predicted molar refractivity (Wildman–Crippen MR) is 304 cm³/mol. The van der Waals surface area contributed by atoms with Gasteiger partial charge in [-0.15, -0.1) is 0 Å². The Morgan fingerprint density at radius 3 is 1.17 bits per heavy atom. The third-order valence-corrected chi connectivity index (χ3v) is 15.3. The van der Waals surface area contributed by atoms with Gasteiger partial charge in [0, 0.05) is 6.42 Å². The van der Waals surface area contributed by atoms with Crippen molar-refractivity contribution in [2.75, 3.05) is 13.2 Å². The Labute approximate surface area is 445 Å². The number of rotatable bonds is 55. The van der Waals surface area contributed by atoms with Crippen molar-refractivity contribution in [1.29, 1.82) is 0 Å². The summed E-state index contributed by atoms with van der Waals surface area (Å²) in [6.45, 7) is 3.81. The minimum atomic E-state index is -1.57. The smallest absolute Gasteiger partial charge is 0.220 e. The Hall–Kier alpha value is -1.33. The van der Waals surface area contributed by atoms with E-state index in [0.717, 1.165) is 38.5 Å². The van der Waals surface area contributed by atoms with E-state index in [9.17, 15) is 30.3 Å². The molecule has 9 nitrogen and oxygen atoms in total. The van der Waals surface area contributed by atoms with Gasteiger partial charge >= 0.3 is 0 Å². The van der Waals surface area contributed by atoms with Crippen LogP contribution >= 0.6 is 0 Å². The van der Waals surface area contributed by atoms with Gasteiger partial charge in [0.05, 0.1) is 25.4 Å². The van der Waals surface area contributed by atoms with Crippen molar-refractivity contribution in [1.82, 2.24) is 5.32 Å². The average molecular weight is 1020 g/mol. The number of hydrogen-bond acceptors (Lipinski definition) is 8. The molecular weight excluding hydrogens is 899 g/mol. The summed E-state index contributed by atoms with van der Waals surface area (Å²) in [7, 11) is 0. The fourth-order valence-electron chi connectivity index (χ4n) is 10.3. The van der Waals surface area contributed by atoms with Crippen LogP contribution in [0.5, 0.6) is 0 Å². The summed E-state index contributed by atoms with van der Waals surface area (Å²) in [5.41, 5.74) is 0. The first-order chi connectivity index (χ1) is 35.3. The first kappa shape index (κ1) is 68.7. The van der Waals surface area contributed by atoms with Crippen molar-refractivity contribution in [3.8, 4) is 0 Å². The van der Waals surface area contributed by atoms with E-state index >= 15 is 0 Å². The summed E-state index contributed by atoms with van der Waals surface area (Å²) < 4.78 is 11.3. The highest BCUT2D eigenvalue weighted by Gasteiger charge is 2.44. The summed E-state index contributed by atoms with van der Waals surface area (Å²) in [4.78, 5) is 13.0. The summed E-state index contributed by atoms with van der Waals surface area (Å²) in [5, 5.41) is 54.5. The van der Waals surface area contributed by atoms with Gasteiger partial charge in [-0.1, -0.05) is 301 Å². The molecule has 0 saturated carbocycles. The van der Waals surface area contributed by atoms with E-state index in [1.165, 1.54) is 257 Å². The minimum Gasteiger partial charge on any atom is -0.394 e. The molecular formula is C63H121NO8. The standard InChI is InChI=1S/C63H121NO8/c1-3-5-7-9-11-13-15-17-19-21-22-23-24-25-26-27-28-29-30-31-32-33-34-35-37-38-40-42-44-46-48-50-52-57(66)56(55-71-63-62(70)61(69)60(68)58(54-65)72-63)64-59(67)53-51-49-47-45-43-41-39-36-20-18-16-14-12-10-8-6-4-2/h42,44,50,52,56-58,60-63,65-66,68-70H,3-41,43,45-49,51,53-55H2,1-2H3,(H,64,67)/b44-42+,52-50+. The van der Waals surface area contributed by atoms with Gasteiger partial charge in [-0.05, 0) is 32.1 Å². The number of nitrogens with one attached hydrogen (secondary N) is 1. The molecule has 1 rings (SSSR count). The van der Waals surface area contributed by atoms with E-state index in [2.05, 4.69) is 31.3 Å². The van der Waals surface area contributed by atoms with E-state index in [1.54, 1.807) is 6.08 Å². The van der Waals surface area contributed by atoms with Gasteiger partial charge in [0.15, 0.2) is 6.29 Å². The monoisotopic (exact) mass is 1020 g/mol. The van der Waals surface area contributed by atoms with Gasteiger partial charge in [-0.2, -0.15) is 0 Å². The number of hydrogen-bond donors (Lipinski definition) is 6. The number of aliphatic hydroxyl groups excluding tert-OH is 5. The lowest BCUT2D eigenvalue weighted by Crippen LogP contribution is -2.60. The zero-order chi connectivity index (χ0) is 52.2. The van der Waals surface area contributed by atoms with Crippen molar-refractivity contribution in [2.45, 2.75) is 358 Å². The molecule has 6 N–H and O–H groups in total. The fraction of sp³-hybridized carbons (Fsp3) is 0.921. The van der Waals surface area contributed by atoms with Crippen LogP contribution < -0.4 is 5.32 Å². The summed E-state index contributed by atoms with van der Waals surface area (Å²) in [6.07, 6.45) is 61.3. The second kappa shape index (κ2) is 53.1. The summed E-state index contributed by atoms with van der Waals surface area (Å²) in [5.74, 6) is -0.181. The van der Waals surface area contributed by atoms with E-state index in [0.29, 0.717) is 6.42 Å². The molecule has 72 heavy (non-hydrogen) atoms. The fourth-order valence-corrected chi connectivity index (χ4v) is 10.3. The predicted octanol–water partition coefficient (Wildman–Crippen LogP) is 16.1. The zero-order valence-corrected chi connectivity index (χ0v) is 47.5. The molecule has 9 heteroatoms. The summed E-state index contributed by atoms with van der Waals surface area (Å²) in [6, 6.07) is -0.819. The lowest BCUT2D eigenvalue weighted by molar-refractivity contribution is -0.302. The quantitative estimate of drug-likeness (QED) is 0.0261. The molecule has 0 bridgehead atoms. The average Bonchev–Trinajstić information content (AvgIpc) is 3.38. The van der Waals surface area contributed by atoms with Crippen LogP contribution in [0.2, 0.25) is 0 Å². The molecule has 7 unspecified atom stereocenters. The Morgan fingerprint density at radius 1 is 0.458 bits per heavy atom. The first-order valence-electron chi connectivity index (χ1n) is 31.6. The number of allylic oxidation sites excluding steroid dienone is 3. The maximum atomic E-state index is 13.0. The van der Waals surface area contributed by atoms with Crippen LogP contribution in [-0.2, 0) is 14.3 Å². The maximum absolute atomic E-state index is 13.0. The van der Waals surface area contributed by atoms with E-state index in [1.807, 2.05) is 6.08 Å². The lowest BCUT2D eigenvalue weighted by atomic mass is 9.99. The minimum absolute atomic E-state index is 0.181. The van der Waals surface area contributed by atoms with Crippen molar-refractivity contribution in [3.63, 3.8) is 0 Å². The van der Waals surface area contributed by atoms with Crippen LogP contribution in [0.25, 0.3) is 0 Å². The highest BCUT2D eigenvalue weighted by Crippen LogP contribution is 2.23. The van der Waals surface area contributed by atoms with Gasteiger partial charge in [0.25, 0.3) is 0 Å². The molecule has 0 spiro atoms. The Balaban J connectivity index is 2.16. The normalized spacial score (nSPS) is 19.2. The molecule has 426 valence electrons. The highest BCUT2D eigenvalue weighted by atomic mass is 16.7. The van der Waals surface area contributed by atoms with Crippen LogP contribution in [0.4, 0.5) is 0 Å². The number of amides is 1. The van der Waals surface area contributed by atoms with Gasteiger partial charge in [0.2, 0.25) is 5.91 Å². The van der Waals surface area contributed by atoms with E-state index in [-0.39, 0.29) is 12.5 Å². The Morgan fingerprint density at radius 2 is 0.792 bits per heavy atom. The van der Waals surface area contributed by atoms with Gasteiger partial charge in [-0.3, -0.25) is 4.79 Å². The number of aliphatic hydroxyl groups is 5. The van der Waals surface area contributed by atoms with Crippen LogP contribution in [0.3, 0.4) is 0 Å². The van der Waals surface area contributed by atoms with E-state index < -0.39 is 49.5 Å². The second-order valence-electron chi connectivity index (χ2n) is 22.2. The molecule has 0 aromatic heterocycles. The van der Waals surface area contributed by atoms with Crippen LogP contribution in [0.15, 0.2) is 24.3 Å². The molecule has 1 saturated heterocycles. The van der Waals surface area contributed by atoms with E-state index in [4.69, 9.17) is 9.47 Å². The second-order valence-corrected chi connectivity index (χ2v) is 22.2. The molecule has 0 radical (unpaired) electrons. The van der Waals surface area contributed by atoms with Gasteiger partial charge in [0.1, 0.15) is 24.4 Å². The third kappa shape index (κ3) is 41.9. The topological polar surface area (TPSA) is 149 Å². The van der Waals surface area contributed by atoms with Crippen molar-refractivity contribution in [3.05, 3.63) is 24.3 Å². The third-order valence-electron chi connectivity index (χ3n) is 15.3. The Bertz CT molecular complexity index is 1180. The van der Waals surface area contributed by atoms with Crippen LogP contribution in [0.1, 0.15) is 316 Å². The van der Waals surface area contributed by atoms with Crippen LogP contribution in [-0.4, -0.2) is 87.5 Å².